The Labute approximate surface area is 95.4 Å². The summed E-state index contributed by atoms with van der Waals surface area (Å²) in [6.45, 7) is 4.36. The Hall–Kier alpha value is -0.730. The molecule has 0 bridgehead atoms. The van der Waals surface area contributed by atoms with Crippen LogP contribution in [0, 0.1) is 0 Å². The van der Waals surface area contributed by atoms with Crippen molar-refractivity contribution in [3.8, 4) is 5.75 Å². The number of rotatable bonds is 1. The molecule has 1 aromatic rings. The molecule has 15 heavy (non-hydrogen) atoms. The van der Waals surface area contributed by atoms with Gasteiger partial charge in [0.15, 0.2) is 0 Å². The molecule has 0 aliphatic heterocycles. The lowest BCUT2D eigenvalue weighted by Gasteiger charge is -2.21. The van der Waals surface area contributed by atoms with E-state index in [2.05, 4.69) is 13.8 Å². The molecule has 0 aromatic heterocycles. The van der Waals surface area contributed by atoms with E-state index in [1.165, 1.54) is 5.56 Å². The van der Waals surface area contributed by atoms with Crippen molar-refractivity contribution >= 4 is 11.6 Å². The Morgan fingerprint density at radius 3 is 2.73 bits per heavy atom. The monoisotopic (exact) mass is 225 g/mol. The van der Waals surface area contributed by atoms with Gasteiger partial charge >= 0.3 is 0 Å². The highest BCUT2D eigenvalue weighted by atomic mass is 35.5. The zero-order valence-electron chi connectivity index (χ0n) is 9.30. The van der Waals surface area contributed by atoms with Crippen LogP contribution in [0.2, 0.25) is 5.02 Å². The largest absolute Gasteiger partial charge is 0.496 e. The Morgan fingerprint density at radius 2 is 2.13 bits per heavy atom. The van der Waals surface area contributed by atoms with Gasteiger partial charge in [-0.05, 0) is 29.5 Å². The summed E-state index contributed by atoms with van der Waals surface area (Å²) in [6.07, 6.45) is 0.919. The topological polar surface area (TPSA) is 35.2 Å². The van der Waals surface area contributed by atoms with Gasteiger partial charge < -0.3 is 10.5 Å². The second kappa shape index (κ2) is 3.39. The van der Waals surface area contributed by atoms with Crippen LogP contribution < -0.4 is 10.5 Å². The third-order valence-electron chi connectivity index (χ3n) is 3.15. The van der Waals surface area contributed by atoms with Gasteiger partial charge in [0.25, 0.3) is 0 Å². The lowest BCUT2D eigenvalue weighted by atomic mass is 9.86. The summed E-state index contributed by atoms with van der Waals surface area (Å²) >= 11 is 6.19. The van der Waals surface area contributed by atoms with Gasteiger partial charge in [0.1, 0.15) is 5.75 Å². The first-order chi connectivity index (χ1) is 6.97. The predicted molar refractivity (Wildman–Crippen MR) is 62.6 cm³/mol. The molecule has 1 atom stereocenters. The molecule has 2 N–H and O–H groups in total. The predicted octanol–water partition coefficient (Wildman–Crippen LogP) is 3.03. The number of nitrogens with two attached hydrogens (primary N) is 1. The smallest absolute Gasteiger partial charge is 0.123 e. The minimum atomic E-state index is 0.0256. The fraction of sp³-hybridized carbons (Fsp3) is 0.500. The molecule has 1 aliphatic carbocycles. The van der Waals surface area contributed by atoms with Gasteiger partial charge in [0, 0.05) is 16.6 Å². The molecule has 0 amide bonds. The second-order valence-electron chi connectivity index (χ2n) is 4.73. The lowest BCUT2D eigenvalue weighted by molar-refractivity contribution is 0.392. The van der Waals surface area contributed by atoms with Gasteiger partial charge in [-0.25, -0.2) is 0 Å². The van der Waals surface area contributed by atoms with E-state index in [0.717, 1.165) is 22.8 Å². The van der Waals surface area contributed by atoms with Gasteiger partial charge in [-0.15, -0.1) is 0 Å². The summed E-state index contributed by atoms with van der Waals surface area (Å²) in [5.74, 6) is 0.896. The Bertz CT molecular complexity index is 401. The van der Waals surface area contributed by atoms with Crippen molar-refractivity contribution in [2.45, 2.75) is 31.7 Å². The van der Waals surface area contributed by atoms with Crippen molar-refractivity contribution in [3.63, 3.8) is 0 Å². The SMILES string of the molecule is COc1ccc(Cl)c2c1C(C)(C)C[C@H]2N. The standard InChI is InChI=1S/C12H16ClNO/c1-12(2)6-8(14)10-7(13)4-5-9(15-3)11(10)12/h4-5,8H,6,14H2,1-3H3/t8-/m1/s1. The van der Waals surface area contributed by atoms with Gasteiger partial charge in [-0.2, -0.15) is 0 Å². The fourth-order valence-corrected chi connectivity index (χ4v) is 2.86. The van der Waals surface area contributed by atoms with E-state index in [1.54, 1.807) is 7.11 Å². The third kappa shape index (κ3) is 1.52. The van der Waals surface area contributed by atoms with E-state index < -0.39 is 0 Å². The quantitative estimate of drug-likeness (QED) is 0.798. The molecule has 1 aliphatic rings. The van der Waals surface area contributed by atoms with Crippen molar-refractivity contribution < 1.29 is 4.74 Å². The van der Waals surface area contributed by atoms with Crippen LogP contribution >= 0.6 is 11.6 Å². The first-order valence-corrected chi connectivity index (χ1v) is 5.47. The van der Waals surface area contributed by atoms with E-state index in [4.69, 9.17) is 22.1 Å². The van der Waals surface area contributed by atoms with Crippen LogP contribution in [-0.4, -0.2) is 7.11 Å². The van der Waals surface area contributed by atoms with Crippen LogP contribution in [0.1, 0.15) is 37.4 Å². The Morgan fingerprint density at radius 1 is 1.47 bits per heavy atom. The molecule has 0 heterocycles. The summed E-state index contributed by atoms with van der Waals surface area (Å²) in [4.78, 5) is 0. The highest BCUT2D eigenvalue weighted by Crippen LogP contribution is 2.50. The summed E-state index contributed by atoms with van der Waals surface area (Å²) in [5.41, 5.74) is 8.38. The highest BCUT2D eigenvalue weighted by molar-refractivity contribution is 6.31. The van der Waals surface area contributed by atoms with E-state index in [-0.39, 0.29) is 11.5 Å². The molecule has 82 valence electrons. The zero-order valence-corrected chi connectivity index (χ0v) is 10.1. The average molecular weight is 226 g/mol. The summed E-state index contributed by atoms with van der Waals surface area (Å²) in [5, 5.41) is 0.754. The second-order valence-corrected chi connectivity index (χ2v) is 5.14. The number of halogens is 1. The van der Waals surface area contributed by atoms with Crippen molar-refractivity contribution in [2.24, 2.45) is 5.73 Å². The summed E-state index contributed by atoms with van der Waals surface area (Å²) < 4.78 is 5.38. The van der Waals surface area contributed by atoms with Crippen LogP contribution in [0.15, 0.2) is 12.1 Å². The molecule has 0 saturated carbocycles. The minimum Gasteiger partial charge on any atom is -0.496 e. The Kier molecular flexibility index (Phi) is 2.44. The van der Waals surface area contributed by atoms with Crippen LogP contribution in [0.5, 0.6) is 5.75 Å². The summed E-state index contributed by atoms with van der Waals surface area (Å²) in [7, 11) is 1.68. The highest BCUT2D eigenvalue weighted by Gasteiger charge is 2.39. The van der Waals surface area contributed by atoms with E-state index >= 15 is 0 Å². The van der Waals surface area contributed by atoms with E-state index in [9.17, 15) is 0 Å². The van der Waals surface area contributed by atoms with Crippen LogP contribution in [0.4, 0.5) is 0 Å². The maximum Gasteiger partial charge on any atom is 0.123 e. The molecule has 1 aromatic carbocycles. The maximum absolute atomic E-state index is 6.19. The van der Waals surface area contributed by atoms with Crippen LogP contribution in [-0.2, 0) is 5.41 Å². The number of fused-ring (bicyclic) bond motifs is 1. The molecule has 2 nitrogen and oxygen atoms in total. The van der Waals surface area contributed by atoms with E-state index in [0.29, 0.717) is 0 Å². The van der Waals surface area contributed by atoms with Gasteiger partial charge in [0.05, 0.1) is 7.11 Å². The molecule has 3 heteroatoms. The molecule has 0 saturated heterocycles. The minimum absolute atomic E-state index is 0.0256. The molecule has 0 unspecified atom stereocenters. The third-order valence-corrected chi connectivity index (χ3v) is 3.48. The van der Waals surface area contributed by atoms with Crippen molar-refractivity contribution in [1.82, 2.24) is 0 Å². The van der Waals surface area contributed by atoms with Crippen LogP contribution in [0.25, 0.3) is 0 Å². The average Bonchev–Trinajstić information content (AvgIpc) is 2.39. The number of hydrogen-bond donors (Lipinski definition) is 1. The summed E-state index contributed by atoms with van der Waals surface area (Å²) in [6, 6.07) is 3.80. The number of hydrogen-bond acceptors (Lipinski definition) is 2. The van der Waals surface area contributed by atoms with Crippen LogP contribution in [0.3, 0.4) is 0 Å². The van der Waals surface area contributed by atoms with Crippen molar-refractivity contribution in [3.05, 3.63) is 28.3 Å². The molecule has 0 spiro atoms. The first-order valence-electron chi connectivity index (χ1n) is 5.10. The lowest BCUT2D eigenvalue weighted by Crippen LogP contribution is -2.15. The van der Waals surface area contributed by atoms with Crippen molar-refractivity contribution in [1.29, 1.82) is 0 Å². The first kappa shape index (κ1) is 10.8. The Balaban J connectivity index is 2.71. The molecule has 0 radical (unpaired) electrons. The molecular weight excluding hydrogens is 210 g/mol. The fourth-order valence-electron chi connectivity index (χ4n) is 2.56. The number of methoxy groups -OCH3 is 1. The molecule has 2 rings (SSSR count). The molecular formula is C12H16ClNO. The van der Waals surface area contributed by atoms with Gasteiger partial charge in [-0.3, -0.25) is 0 Å². The van der Waals surface area contributed by atoms with Gasteiger partial charge in [0.2, 0.25) is 0 Å². The zero-order chi connectivity index (χ0) is 11.2. The van der Waals surface area contributed by atoms with E-state index in [1.807, 2.05) is 12.1 Å². The maximum atomic E-state index is 6.19. The number of ether oxygens (including phenoxy) is 1. The van der Waals surface area contributed by atoms with Crippen molar-refractivity contribution in [2.75, 3.05) is 7.11 Å². The normalized spacial score (nSPS) is 22.6. The molecule has 0 fully saturated rings. The van der Waals surface area contributed by atoms with Gasteiger partial charge in [-0.1, -0.05) is 25.4 Å². The number of benzene rings is 1.